The van der Waals surface area contributed by atoms with Crippen molar-refractivity contribution in [2.24, 2.45) is 5.92 Å². The molecule has 0 saturated carbocycles. The molecular weight excluding hydrogens is 642 g/mol. The maximum absolute atomic E-state index is 14.1. The summed E-state index contributed by atoms with van der Waals surface area (Å²) in [6.07, 6.45) is 0.339. The number of carbonyl (C=O) groups excluding carboxylic acids is 2. The van der Waals surface area contributed by atoms with Gasteiger partial charge in [0.25, 0.3) is 10.0 Å². The van der Waals surface area contributed by atoms with Crippen LogP contribution in [0, 0.1) is 5.92 Å². The first-order valence-corrected chi connectivity index (χ1v) is 16.4. The van der Waals surface area contributed by atoms with Gasteiger partial charge in [-0.05, 0) is 85.5 Å². The quantitative estimate of drug-likeness (QED) is 0.217. The summed E-state index contributed by atoms with van der Waals surface area (Å²) in [6.45, 7) is 8.13. The van der Waals surface area contributed by atoms with Crippen molar-refractivity contribution < 1.29 is 22.7 Å². The van der Waals surface area contributed by atoms with Crippen LogP contribution in [0.2, 0.25) is 5.02 Å². The standard InChI is InChI=1S/C31H37BrClN3O5S/c1-5-29(31(38)34-19-22(3)4)35(20-23-7-11-25(33)12-8-23)30(37)21-36(26-13-15-27(16-14-26)41-6-2)42(39,40)28-17-9-24(32)10-18-28/h7-18,22,29H,5-6,19-21H2,1-4H3,(H,34,38)/t29-/m1/s1. The monoisotopic (exact) mass is 677 g/mol. The number of carbonyl (C=O) groups is 2. The van der Waals surface area contributed by atoms with Gasteiger partial charge in [0, 0.05) is 22.6 Å². The fraction of sp³-hybridized carbons (Fsp3) is 0.355. The zero-order valence-corrected chi connectivity index (χ0v) is 27.4. The molecular formula is C31H37BrClN3O5S. The molecule has 0 aromatic heterocycles. The van der Waals surface area contributed by atoms with Crippen LogP contribution in [-0.2, 0) is 26.2 Å². The van der Waals surface area contributed by atoms with E-state index in [4.69, 9.17) is 16.3 Å². The Labute approximate surface area is 262 Å². The van der Waals surface area contributed by atoms with E-state index in [1.165, 1.54) is 17.0 Å². The Balaban J connectivity index is 2.04. The summed E-state index contributed by atoms with van der Waals surface area (Å²) >= 11 is 9.42. The molecule has 0 unspecified atom stereocenters. The van der Waals surface area contributed by atoms with Gasteiger partial charge in [-0.15, -0.1) is 0 Å². The summed E-state index contributed by atoms with van der Waals surface area (Å²) in [5.74, 6) is -0.0214. The average Bonchev–Trinajstić information content (AvgIpc) is 2.96. The normalized spacial score (nSPS) is 12.1. The summed E-state index contributed by atoms with van der Waals surface area (Å²) in [5, 5.41) is 3.47. The molecule has 0 aliphatic heterocycles. The third kappa shape index (κ3) is 8.96. The molecule has 0 bridgehead atoms. The summed E-state index contributed by atoms with van der Waals surface area (Å²) < 4.78 is 35.3. The largest absolute Gasteiger partial charge is 0.494 e. The summed E-state index contributed by atoms with van der Waals surface area (Å²) in [4.78, 5) is 28.9. The number of benzene rings is 3. The number of hydrogen-bond donors (Lipinski definition) is 1. The van der Waals surface area contributed by atoms with Crippen molar-refractivity contribution >= 4 is 55.1 Å². The van der Waals surface area contributed by atoms with E-state index in [0.717, 1.165) is 14.3 Å². The molecule has 42 heavy (non-hydrogen) atoms. The minimum absolute atomic E-state index is 0.0263. The highest BCUT2D eigenvalue weighted by Gasteiger charge is 2.33. The van der Waals surface area contributed by atoms with E-state index in [1.54, 1.807) is 60.7 Å². The number of sulfonamides is 1. The van der Waals surface area contributed by atoms with E-state index in [9.17, 15) is 18.0 Å². The predicted molar refractivity (Wildman–Crippen MR) is 170 cm³/mol. The lowest BCUT2D eigenvalue weighted by molar-refractivity contribution is -0.140. The van der Waals surface area contributed by atoms with Crippen LogP contribution < -0.4 is 14.4 Å². The van der Waals surface area contributed by atoms with Crippen molar-refractivity contribution in [2.45, 2.75) is 51.6 Å². The number of rotatable bonds is 14. The molecule has 0 heterocycles. The van der Waals surface area contributed by atoms with Gasteiger partial charge in [-0.2, -0.15) is 0 Å². The Kier molecular flexibility index (Phi) is 12.3. The zero-order chi connectivity index (χ0) is 30.9. The third-order valence-corrected chi connectivity index (χ3v) is 9.02. The molecule has 0 spiro atoms. The Morgan fingerprint density at radius 3 is 2.12 bits per heavy atom. The minimum atomic E-state index is -4.17. The Bertz CT molecular complexity index is 1430. The molecule has 0 aliphatic carbocycles. The van der Waals surface area contributed by atoms with Crippen LogP contribution in [0.5, 0.6) is 5.75 Å². The van der Waals surface area contributed by atoms with Crippen LogP contribution in [0.4, 0.5) is 5.69 Å². The molecule has 3 rings (SSSR count). The van der Waals surface area contributed by atoms with E-state index in [-0.39, 0.29) is 23.3 Å². The molecule has 2 amide bonds. The third-order valence-electron chi connectivity index (χ3n) is 6.45. The van der Waals surface area contributed by atoms with Crippen LogP contribution >= 0.6 is 27.5 Å². The van der Waals surface area contributed by atoms with E-state index in [1.807, 2.05) is 27.7 Å². The van der Waals surface area contributed by atoms with Crippen LogP contribution in [0.3, 0.4) is 0 Å². The van der Waals surface area contributed by atoms with Crippen molar-refractivity contribution in [1.82, 2.24) is 10.2 Å². The predicted octanol–water partition coefficient (Wildman–Crippen LogP) is 6.28. The van der Waals surface area contributed by atoms with Crippen LogP contribution in [0.1, 0.15) is 39.7 Å². The number of anilines is 1. The van der Waals surface area contributed by atoms with E-state index in [0.29, 0.717) is 36.0 Å². The highest BCUT2D eigenvalue weighted by molar-refractivity contribution is 9.10. The summed E-state index contributed by atoms with van der Waals surface area (Å²) in [6, 6.07) is 18.9. The van der Waals surface area contributed by atoms with Gasteiger partial charge >= 0.3 is 0 Å². The van der Waals surface area contributed by atoms with Crippen molar-refractivity contribution in [1.29, 1.82) is 0 Å². The first-order valence-electron chi connectivity index (χ1n) is 13.8. The second-order valence-corrected chi connectivity index (χ2v) is 13.3. The van der Waals surface area contributed by atoms with Gasteiger partial charge in [-0.25, -0.2) is 8.42 Å². The molecule has 3 aromatic rings. The maximum atomic E-state index is 14.1. The fourth-order valence-electron chi connectivity index (χ4n) is 4.27. The van der Waals surface area contributed by atoms with Gasteiger partial charge in [0.15, 0.2) is 0 Å². The molecule has 0 aliphatic rings. The first-order chi connectivity index (χ1) is 20.0. The number of hydrogen-bond acceptors (Lipinski definition) is 5. The number of nitrogens with zero attached hydrogens (tertiary/aromatic N) is 2. The second kappa shape index (κ2) is 15.4. The molecule has 11 heteroatoms. The lowest BCUT2D eigenvalue weighted by atomic mass is 10.1. The topological polar surface area (TPSA) is 96.0 Å². The fourth-order valence-corrected chi connectivity index (χ4v) is 6.07. The van der Waals surface area contributed by atoms with Gasteiger partial charge in [-0.1, -0.05) is 60.4 Å². The van der Waals surface area contributed by atoms with Crippen molar-refractivity contribution in [2.75, 3.05) is 24.0 Å². The van der Waals surface area contributed by atoms with Gasteiger partial charge in [0.05, 0.1) is 17.2 Å². The lowest BCUT2D eigenvalue weighted by Crippen LogP contribution is -2.52. The minimum Gasteiger partial charge on any atom is -0.494 e. The van der Waals surface area contributed by atoms with Crippen LogP contribution in [-0.4, -0.2) is 50.9 Å². The molecule has 226 valence electrons. The van der Waals surface area contributed by atoms with Gasteiger partial charge in [0.1, 0.15) is 18.3 Å². The lowest BCUT2D eigenvalue weighted by Gasteiger charge is -2.33. The molecule has 0 fully saturated rings. The number of amides is 2. The van der Waals surface area contributed by atoms with Gasteiger partial charge < -0.3 is 15.0 Å². The average molecular weight is 679 g/mol. The molecule has 1 N–H and O–H groups in total. The summed E-state index contributed by atoms with van der Waals surface area (Å²) in [7, 11) is -4.17. The Hall–Kier alpha value is -3.08. The summed E-state index contributed by atoms with van der Waals surface area (Å²) in [5.41, 5.74) is 1.05. The molecule has 1 atom stereocenters. The first kappa shape index (κ1) is 33.4. The van der Waals surface area contributed by atoms with E-state index >= 15 is 0 Å². The van der Waals surface area contributed by atoms with Gasteiger partial charge in [0.2, 0.25) is 11.8 Å². The number of halogens is 2. The van der Waals surface area contributed by atoms with Crippen molar-refractivity contribution in [3.05, 3.63) is 87.9 Å². The highest BCUT2D eigenvalue weighted by Crippen LogP contribution is 2.28. The van der Waals surface area contributed by atoms with E-state index < -0.39 is 28.5 Å². The molecule has 0 radical (unpaired) electrons. The van der Waals surface area contributed by atoms with Crippen molar-refractivity contribution in [3.8, 4) is 5.75 Å². The smallest absolute Gasteiger partial charge is 0.264 e. The second-order valence-electron chi connectivity index (χ2n) is 10.1. The molecule has 8 nitrogen and oxygen atoms in total. The zero-order valence-electron chi connectivity index (χ0n) is 24.2. The maximum Gasteiger partial charge on any atom is 0.264 e. The SMILES string of the molecule is CCOc1ccc(N(CC(=O)N(Cc2ccc(Cl)cc2)[C@H](CC)C(=O)NCC(C)C)S(=O)(=O)c2ccc(Br)cc2)cc1. The molecule has 0 saturated heterocycles. The highest BCUT2D eigenvalue weighted by atomic mass is 79.9. The van der Waals surface area contributed by atoms with E-state index in [2.05, 4.69) is 21.2 Å². The van der Waals surface area contributed by atoms with Crippen LogP contribution in [0.25, 0.3) is 0 Å². The van der Waals surface area contributed by atoms with Crippen molar-refractivity contribution in [3.63, 3.8) is 0 Å². The Morgan fingerprint density at radius 1 is 0.952 bits per heavy atom. The molecule has 3 aromatic carbocycles. The number of nitrogens with one attached hydrogen (secondary N) is 1. The van der Waals surface area contributed by atoms with Gasteiger partial charge in [-0.3, -0.25) is 13.9 Å². The van der Waals surface area contributed by atoms with Crippen LogP contribution in [0.15, 0.2) is 82.2 Å². The number of ether oxygens (including phenoxy) is 1. The Morgan fingerprint density at radius 2 is 1.57 bits per heavy atom.